The second-order valence-corrected chi connectivity index (χ2v) is 3.11. The number of amides is 2. The van der Waals surface area contributed by atoms with E-state index in [9.17, 15) is 14.0 Å². The molecule has 1 aromatic carbocycles. The zero-order valence-electron chi connectivity index (χ0n) is 8.31. The van der Waals surface area contributed by atoms with Crippen LogP contribution in [0.5, 0.6) is 0 Å². The number of nitrogens with one attached hydrogen (secondary N) is 1. The highest BCUT2D eigenvalue weighted by molar-refractivity contribution is 5.94. The lowest BCUT2D eigenvalue weighted by Gasteiger charge is -2.08. The fourth-order valence-corrected chi connectivity index (χ4v) is 1.03. The van der Waals surface area contributed by atoms with Crippen LogP contribution in [0.25, 0.3) is 0 Å². The van der Waals surface area contributed by atoms with Crippen LogP contribution in [-0.2, 0) is 4.79 Å². The first kappa shape index (κ1) is 12.1. The third-order valence-corrected chi connectivity index (χ3v) is 1.90. The van der Waals surface area contributed by atoms with Crippen LogP contribution in [0.15, 0.2) is 24.3 Å². The molecular weight excluding hydrogens is 215 g/mol. The number of aliphatic hydroxyl groups excluding tert-OH is 1. The largest absolute Gasteiger partial charge is 0.381 e. The second-order valence-electron chi connectivity index (χ2n) is 3.11. The summed E-state index contributed by atoms with van der Waals surface area (Å²) >= 11 is 0. The van der Waals surface area contributed by atoms with Gasteiger partial charge in [-0.25, -0.2) is 4.39 Å². The third-order valence-electron chi connectivity index (χ3n) is 1.90. The van der Waals surface area contributed by atoms with Crippen molar-refractivity contribution in [2.75, 3.05) is 6.54 Å². The molecule has 0 spiro atoms. The van der Waals surface area contributed by atoms with Gasteiger partial charge in [0.25, 0.3) is 5.91 Å². The van der Waals surface area contributed by atoms with Crippen LogP contribution in [-0.4, -0.2) is 29.6 Å². The maximum atomic E-state index is 13.1. The lowest BCUT2D eigenvalue weighted by molar-refractivity contribution is -0.125. The first-order valence-corrected chi connectivity index (χ1v) is 4.52. The van der Waals surface area contributed by atoms with E-state index in [0.717, 1.165) is 6.07 Å². The monoisotopic (exact) mass is 226 g/mol. The minimum absolute atomic E-state index is 0.154. The summed E-state index contributed by atoms with van der Waals surface area (Å²) in [5.74, 6) is -2.33. The predicted molar refractivity (Wildman–Crippen MR) is 53.9 cm³/mol. The molecule has 2 amide bonds. The smallest absolute Gasteiger partial charge is 0.254 e. The summed E-state index contributed by atoms with van der Waals surface area (Å²) in [6.45, 7) is -0.345. The number of carbonyl (C=O) groups excluding carboxylic acids is 2. The molecule has 0 aliphatic rings. The number of rotatable bonds is 4. The first-order chi connectivity index (χ1) is 7.52. The SMILES string of the molecule is NC(=O)C(O)CNC(=O)c1ccccc1F. The van der Waals surface area contributed by atoms with Crippen LogP contribution in [0.3, 0.4) is 0 Å². The second kappa shape index (κ2) is 5.22. The fourth-order valence-electron chi connectivity index (χ4n) is 1.03. The van der Waals surface area contributed by atoms with Crippen molar-refractivity contribution in [3.05, 3.63) is 35.6 Å². The van der Waals surface area contributed by atoms with Gasteiger partial charge in [-0.1, -0.05) is 12.1 Å². The van der Waals surface area contributed by atoms with Crippen molar-refractivity contribution < 1.29 is 19.1 Å². The van der Waals surface area contributed by atoms with E-state index in [2.05, 4.69) is 5.32 Å². The number of carbonyl (C=O) groups is 2. The Morgan fingerprint density at radius 3 is 2.62 bits per heavy atom. The van der Waals surface area contributed by atoms with Gasteiger partial charge in [-0.05, 0) is 12.1 Å². The Labute approximate surface area is 91.1 Å². The fraction of sp³-hybridized carbons (Fsp3) is 0.200. The molecule has 1 rings (SSSR count). The van der Waals surface area contributed by atoms with E-state index in [4.69, 9.17) is 10.8 Å². The summed E-state index contributed by atoms with van der Waals surface area (Å²) < 4.78 is 13.1. The van der Waals surface area contributed by atoms with E-state index in [1.54, 1.807) is 0 Å². The molecule has 1 atom stereocenters. The number of hydrogen-bond donors (Lipinski definition) is 3. The zero-order chi connectivity index (χ0) is 12.1. The van der Waals surface area contributed by atoms with Crippen molar-refractivity contribution in [1.82, 2.24) is 5.32 Å². The molecule has 0 aliphatic heterocycles. The van der Waals surface area contributed by atoms with Gasteiger partial charge in [-0.3, -0.25) is 9.59 Å². The Morgan fingerprint density at radius 2 is 2.06 bits per heavy atom. The molecule has 86 valence electrons. The Hall–Kier alpha value is -1.95. The van der Waals surface area contributed by atoms with Crippen molar-refractivity contribution in [1.29, 1.82) is 0 Å². The predicted octanol–water partition coefficient (Wildman–Crippen LogP) is -0.598. The number of hydrogen-bond acceptors (Lipinski definition) is 3. The minimum atomic E-state index is -1.48. The van der Waals surface area contributed by atoms with Crippen molar-refractivity contribution in [3.63, 3.8) is 0 Å². The number of aliphatic hydroxyl groups is 1. The third kappa shape index (κ3) is 3.03. The summed E-state index contributed by atoms with van der Waals surface area (Å²) in [6.07, 6.45) is -1.48. The van der Waals surface area contributed by atoms with Gasteiger partial charge in [0.15, 0.2) is 0 Å². The molecule has 0 saturated heterocycles. The van der Waals surface area contributed by atoms with Crippen LogP contribution in [0.4, 0.5) is 4.39 Å². The molecule has 0 bridgehead atoms. The summed E-state index contributed by atoms with van der Waals surface area (Å²) in [5.41, 5.74) is 4.62. The van der Waals surface area contributed by atoms with E-state index < -0.39 is 23.7 Å². The molecule has 5 nitrogen and oxygen atoms in total. The topological polar surface area (TPSA) is 92.4 Å². The average Bonchev–Trinajstić information content (AvgIpc) is 2.25. The van der Waals surface area contributed by atoms with E-state index in [1.807, 2.05) is 0 Å². The van der Waals surface area contributed by atoms with Crippen LogP contribution in [0.1, 0.15) is 10.4 Å². The molecule has 0 radical (unpaired) electrons. The molecular formula is C10H11FN2O3. The Balaban J connectivity index is 2.60. The van der Waals surface area contributed by atoms with Gasteiger partial charge in [0.1, 0.15) is 11.9 Å². The van der Waals surface area contributed by atoms with E-state index in [1.165, 1.54) is 18.2 Å². The summed E-state index contributed by atoms with van der Waals surface area (Å²) in [6, 6.07) is 5.38. The molecule has 16 heavy (non-hydrogen) atoms. The lowest BCUT2D eigenvalue weighted by atomic mass is 10.2. The Kier molecular flexibility index (Phi) is 3.96. The van der Waals surface area contributed by atoms with Crippen LogP contribution >= 0.6 is 0 Å². The number of nitrogens with two attached hydrogens (primary N) is 1. The molecule has 0 saturated carbocycles. The van der Waals surface area contributed by atoms with Gasteiger partial charge in [-0.2, -0.15) is 0 Å². The normalized spacial score (nSPS) is 11.9. The summed E-state index contributed by atoms with van der Waals surface area (Å²) in [7, 11) is 0. The van der Waals surface area contributed by atoms with Gasteiger partial charge in [0.05, 0.1) is 12.1 Å². The van der Waals surface area contributed by atoms with Crippen LogP contribution in [0.2, 0.25) is 0 Å². The number of halogens is 1. The lowest BCUT2D eigenvalue weighted by Crippen LogP contribution is -2.40. The van der Waals surface area contributed by atoms with Gasteiger partial charge in [-0.15, -0.1) is 0 Å². The highest BCUT2D eigenvalue weighted by Crippen LogP contribution is 2.05. The number of benzene rings is 1. The summed E-state index contributed by atoms with van der Waals surface area (Å²) in [5, 5.41) is 11.2. The molecule has 1 unspecified atom stereocenters. The molecule has 4 N–H and O–H groups in total. The molecule has 0 fully saturated rings. The van der Waals surface area contributed by atoms with E-state index >= 15 is 0 Å². The average molecular weight is 226 g/mol. The van der Waals surface area contributed by atoms with E-state index in [-0.39, 0.29) is 12.1 Å². The van der Waals surface area contributed by atoms with Crippen molar-refractivity contribution in [2.24, 2.45) is 5.73 Å². The molecule has 0 aliphatic carbocycles. The highest BCUT2D eigenvalue weighted by atomic mass is 19.1. The maximum Gasteiger partial charge on any atom is 0.254 e. The van der Waals surface area contributed by atoms with Crippen LogP contribution in [0, 0.1) is 5.82 Å². The quantitative estimate of drug-likeness (QED) is 0.640. The number of primary amides is 1. The van der Waals surface area contributed by atoms with Gasteiger partial charge in [0, 0.05) is 0 Å². The van der Waals surface area contributed by atoms with Gasteiger partial charge < -0.3 is 16.2 Å². The van der Waals surface area contributed by atoms with E-state index in [0.29, 0.717) is 0 Å². The zero-order valence-corrected chi connectivity index (χ0v) is 8.31. The Bertz CT molecular complexity index is 409. The highest BCUT2D eigenvalue weighted by Gasteiger charge is 2.14. The van der Waals surface area contributed by atoms with Crippen molar-refractivity contribution in [2.45, 2.75) is 6.10 Å². The molecule has 6 heteroatoms. The maximum absolute atomic E-state index is 13.1. The molecule has 1 aromatic rings. The van der Waals surface area contributed by atoms with Crippen LogP contribution < -0.4 is 11.1 Å². The van der Waals surface area contributed by atoms with Gasteiger partial charge >= 0.3 is 0 Å². The minimum Gasteiger partial charge on any atom is -0.381 e. The first-order valence-electron chi connectivity index (χ1n) is 4.52. The van der Waals surface area contributed by atoms with Gasteiger partial charge in [0.2, 0.25) is 5.91 Å². The molecule has 0 heterocycles. The van der Waals surface area contributed by atoms with Crippen molar-refractivity contribution in [3.8, 4) is 0 Å². The van der Waals surface area contributed by atoms with Crippen molar-refractivity contribution >= 4 is 11.8 Å². The Morgan fingerprint density at radius 1 is 1.44 bits per heavy atom. The standard InChI is InChI=1S/C10H11FN2O3/c11-7-4-2-1-3-6(7)10(16)13-5-8(14)9(12)15/h1-4,8,14H,5H2,(H2,12,15)(H,13,16). The summed E-state index contributed by atoms with van der Waals surface area (Å²) in [4.78, 5) is 21.8. The molecule has 0 aromatic heterocycles.